The van der Waals surface area contributed by atoms with Crippen molar-refractivity contribution < 1.29 is 9.47 Å². The number of ether oxygens (including phenoxy) is 2. The normalized spacial score (nSPS) is 10.8. The summed E-state index contributed by atoms with van der Waals surface area (Å²) in [5.41, 5.74) is 0.797. The minimum Gasteiger partial charge on any atom is -0.480 e. The van der Waals surface area contributed by atoms with Gasteiger partial charge in [0.1, 0.15) is 5.15 Å². The number of methoxy groups -OCH3 is 2. The molecule has 3 rings (SSSR count). The van der Waals surface area contributed by atoms with Gasteiger partial charge < -0.3 is 9.47 Å². The molecule has 3 aromatic rings. The lowest BCUT2D eigenvalue weighted by atomic mass is 10.2. The third-order valence-electron chi connectivity index (χ3n) is 2.77. The van der Waals surface area contributed by atoms with Crippen molar-refractivity contribution in [2.24, 2.45) is 0 Å². The first kappa shape index (κ1) is 13.1. The van der Waals surface area contributed by atoms with Crippen LogP contribution in [0.25, 0.3) is 20.5 Å². The smallest absolute Gasteiger partial charge is 0.319 e. The largest absolute Gasteiger partial charge is 0.480 e. The molecule has 102 valence electrons. The van der Waals surface area contributed by atoms with Crippen molar-refractivity contribution in [3.05, 3.63) is 29.7 Å². The number of aromatic nitrogens is 3. The first-order valence-corrected chi connectivity index (χ1v) is 6.92. The molecule has 0 unspecified atom stereocenters. The van der Waals surface area contributed by atoms with Crippen LogP contribution in [0.2, 0.25) is 5.15 Å². The fourth-order valence-electron chi connectivity index (χ4n) is 1.84. The van der Waals surface area contributed by atoms with E-state index in [9.17, 15) is 0 Å². The molecule has 0 N–H and O–H groups in total. The van der Waals surface area contributed by atoms with Gasteiger partial charge in [0.2, 0.25) is 5.88 Å². The van der Waals surface area contributed by atoms with Gasteiger partial charge in [0.15, 0.2) is 0 Å². The van der Waals surface area contributed by atoms with Crippen LogP contribution in [0.15, 0.2) is 24.5 Å². The second kappa shape index (κ2) is 5.22. The van der Waals surface area contributed by atoms with Gasteiger partial charge in [0, 0.05) is 27.4 Å². The number of fused-ring (bicyclic) bond motifs is 1. The van der Waals surface area contributed by atoms with Crippen LogP contribution in [-0.4, -0.2) is 29.2 Å². The molecule has 0 aromatic carbocycles. The predicted molar refractivity (Wildman–Crippen MR) is 78.8 cm³/mol. The van der Waals surface area contributed by atoms with Gasteiger partial charge in [-0.1, -0.05) is 11.6 Å². The third-order valence-corrected chi connectivity index (χ3v) is 4.20. The minimum atomic E-state index is 0.270. The average Bonchev–Trinajstić information content (AvgIpc) is 2.92. The molecule has 0 aliphatic heterocycles. The lowest BCUT2D eigenvalue weighted by Gasteiger charge is -2.06. The number of hydrogen-bond acceptors (Lipinski definition) is 6. The number of hydrogen-bond donors (Lipinski definition) is 0. The van der Waals surface area contributed by atoms with E-state index in [2.05, 4.69) is 15.0 Å². The molecule has 7 heteroatoms. The molecule has 5 nitrogen and oxygen atoms in total. The van der Waals surface area contributed by atoms with Gasteiger partial charge in [-0.3, -0.25) is 0 Å². The molecule has 3 heterocycles. The Morgan fingerprint density at radius 2 is 2.05 bits per heavy atom. The molecule has 0 saturated heterocycles. The lowest BCUT2D eigenvalue weighted by Crippen LogP contribution is -1.96. The van der Waals surface area contributed by atoms with Gasteiger partial charge in [0.25, 0.3) is 0 Å². The molecular formula is C13H10ClN3O2S. The maximum Gasteiger partial charge on any atom is 0.319 e. The highest BCUT2D eigenvalue weighted by atomic mass is 35.5. The molecular weight excluding hydrogens is 298 g/mol. The summed E-state index contributed by atoms with van der Waals surface area (Å²) in [7, 11) is 3.08. The summed E-state index contributed by atoms with van der Waals surface area (Å²) in [6.45, 7) is 0. The maximum atomic E-state index is 6.09. The van der Waals surface area contributed by atoms with Crippen molar-refractivity contribution in [3.63, 3.8) is 0 Å². The van der Waals surface area contributed by atoms with Crippen molar-refractivity contribution in [1.29, 1.82) is 0 Å². The number of pyridine rings is 1. The van der Waals surface area contributed by atoms with E-state index in [0.717, 1.165) is 20.5 Å². The Hall–Kier alpha value is -1.92. The summed E-state index contributed by atoms with van der Waals surface area (Å²) in [6.07, 6.45) is 3.36. The Kier molecular flexibility index (Phi) is 3.42. The van der Waals surface area contributed by atoms with Crippen molar-refractivity contribution in [2.45, 2.75) is 0 Å². The van der Waals surface area contributed by atoms with Crippen molar-refractivity contribution >= 4 is 33.0 Å². The van der Waals surface area contributed by atoms with Gasteiger partial charge in [-0.15, -0.1) is 11.3 Å². The molecule has 0 aliphatic rings. The van der Waals surface area contributed by atoms with Crippen molar-refractivity contribution in [1.82, 2.24) is 15.0 Å². The van der Waals surface area contributed by atoms with Crippen molar-refractivity contribution in [3.8, 4) is 22.3 Å². The van der Waals surface area contributed by atoms with Crippen LogP contribution in [0.4, 0.5) is 0 Å². The van der Waals surface area contributed by atoms with E-state index in [0.29, 0.717) is 11.0 Å². The Morgan fingerprint density at radius 3 is 2.75 bits per heavy atom. The van der Waals surface area contributed by atoms with Gasteiger partial charge in [0.05, 0.1) is 19.8 Å². The monoisotopic (exact) mass is 307 g/mol. The molecule has 20 heavy (non-hydrogen) atoms. The van der Waals surface area contributed by atoms with E-state index in [1.165, 1.54) is 7.11 Å². The zero-order valence-electron chi connectivity index (χ0n) is 10.8. The maximum absolute atomic E-state index is 6.09. The summed E-state index contributed by atoms with van der Waals surface area (Å²) >= 11 is 7.67. The third kappa shape index (κ3) is 2.17. The Bertz CT molecular complexity index is 775. The van der Waals surface area contributed by atoms with Crippen LogP contribution >= 0.6 is 22.9 Å². The topological polar surface area (TPSA) is 57.1 Å². The highest BCUT2D eigenvalue weighted by molar-refractivity contribution is 7.22. The standard InChI is InChI=1S/C13H10ClN3O2S/c1-18-12-8(6-16-13(17-12)19-2)10-5-7-9(20-10)3-4-15-11(7)14/h3-6H,1-2H3. The van der Waals surface area contributed by atoms with Crippen molar-refractivity contribution in [2.75, 3.05) is 14.2 Å². The van der Waals surface area contributed by atoms with Crippen LogP contribution < -0.4 is 9.47 Å². The van der Waals surface area contributed by atoms with Gasteiger partial charge >= 0.3 is 6.01 Å². The van der Waals surface area contributed by atoms with E-state index < -0.39 is 0 Å². The SMILES string of the molecule is COc1ncc(-c2cc3c(Cl)nccc3s2)c(OC)n1. The molecule has 0 atom stereocenters. The fourth-order valence-corrected chi connectivity index (χ4v) is 3.16. The molecule has 0 saturated carbocycles. The first-order chi connectivity index (χ1) is 9.72. The lowest BCUT2D eigenvalue weighted by molar-refractivity contribution is 0.353. The van der Waals surface area contributed by atoms with Crippen LogP contribution in [0.3, 0.4) is 0 Å². The summed E-state index contributed by atoms with van der Waals surface area (Å²) in [5, 5.41) is 1.39. The van der Waals surface area contributed by atoms with Gasteiger partial charge in [-0.25, -0.2) is 9.97 Å². The first-order valence-electron chi connectivity index (χ1n) is 5.72. The number of halogens is 1. The second-order valence-corrected chi connectivity index (χ2v) is 5.35. The van der Waals surface area contributed by atoms with E-state index in [1.807, 2.05) is 12.1 Å². The summed E-state index contributed by atoms with van der Waals surface area (Å²) in [5.74, 6) is 0.465. The summed E-state index contributed by atoms with van der Waals surface area (Å²) < 4.78 is 11.3. The van der Waals surface area contributed by atoms with Crippen LogP contribution in [-0.2, 0) is 0 Å². The molecule has 3 aromatic heterocycles. The van der Waals surface area contributed by atoms with Crippen LogP contribution in [0.1, 0.15) is 0 Å². The second-order valence-electron chi connectivity index (χ2n) is 3.90. The summed E-state index contributed by atoms with van der Waals surface area (Å²) in [6, 6.07) is 4.15. The zero-order chi connectivity index (χ0) is 14.1. The minimum absolute atomic E-state index is 0.270. The molecule has 0 radical (unpaired) electrons. The molecule has 0 spiro atoms. The Balaban J connectivity index is 2.17. The quantitative estimate of drug-likeness (QED) is 0.694. The molecule has 0 aliphatic carbocycles. The van der Waals surface area contributed by atoms with Gasteiger partial charge in [-0.05, 0) is 12.1 Å². The number of rotatable bonds is 3. The van der Waals surface area contributed by atoms with E-state index in [4.69, 9.17) is 21.1 Å². The van der Waals surface area contributed by atoms with E-state index in [1.54, 1.807) is 30.8 Å². The van der Waals surface area contributed by atoms with E-state index >= 15 is 0 Å². The molecule has 0 bridgehead atoms. The predicted octanol–water partition coefficient (Wildman–Crippen LogP) is 3.42. The number of thiophene rings is 1. The number of nitrogens with zero attached hydrogens (tertiary/aromatic N) is 3. The Labute approximate surface area is 124 Å². The Morgan fingerprint density at radius 1 is 1.20 bits per heavy atom. The fraction of sp³-hybridized carbons (Fsp3) is 0.154. The summed E-state index contributed by atoms with van der Waals surface area (Å²) in [4.78, 5) is 13.3. The van der Waals surface area contributed by atoms with E-state index in [-0.39, 0.29) is 6.01 Å². The van der Waals surface area contributed by atoms with Crippen LogP contribution in [0, 0.1) is 0 Å². The highest BCUT2D eigenvalue weighted by Gasteiger charge is 2.14. The molecule has 0 amide bonds. The van der Waals surface area contributed by atoms with Crippen LogP contribution in [0.5, 0.6) is 11.9 Å². The zero-order valence-corrected chi connectivity index (χ0v) is 12.3. The van der Waals surface area contributed by atoms with Gasteiger partial charge in [-0.2, -0.15) is 4.98 Å². The highest BCUT2D eigenvalue weighted by Crippen LogP contribution is 2.39. The molecule has 0 fully saturated rings. The average molecular weight is 308 g/mol.